The summed E-state index contributed by atoms with van der Waals surface area (Å²) in [5, 5.41) is 8.80. The molecule has 1 heterocycles. The van der Waals surface area contributed by atoms with Gasteiger partial charge in [0.15, 0.2) is 0 Å². The van der Waals surface area contributed by atoms with Crippen LogP contribution < -0.4 is 4.72 Å². The maximum Gasteiger partial charge on any atom is 0.335 e. The van der Waals surface area contributed by atoms with Crippen LogP contribution in [0.5, 0.6) is 0 Å². The number of carboxylic acids is 1. The molecule has 0 saturated carbocycles. The maximum atomic E-state index is 13.5. The molecule has 1 aromatic carbocycles. The van der Waals surface area contributed by atoms with Crippen molar-refractivity contribution in [1.29, 1.82) is 0 Å². The highest BCUT2D eigenvalue weighted by Crippen LogP contribution is 2.28. The van der Waals surface area contributed by atoms with Crippen LogP contribution in [-0.4, -0.2) is 19.5 Å². The van der Waals surface area contributed by atoms with E-state index in [2.05, 4.69) is 0 Å². The number of carbonyl (C=O) groups is 1. The van der Waals surface area contributed by atoms with Crippen molar-refractivity contribution in [3.63, 3.8) is 0 Å². The summed E-state index contributed by atoms with van der Waals surface area (Å²) >= 11 is 6.45. The van der Waals surface area contributed by atoms with Gasteiger partial charge in [-0.25, -0.2) is 17.6 Å². The lowest BCUT2D eigenvalue weighted by atomic mass is 10.2. The van der Waals surface area contributed by atoms with Gasteiger partial charge in [0, 0.05) is 0 Å². The fourth-order valence-electron chi connectivity index (χ4n) is 1.37. The van der Waals surface area contributed by atoms with Crippen LogP contribution in [-0.2, 0) is 10.0 Å². The molecule has 0 atom stereocenters. The van der Waals surface area contributed by atoms with Crippen molar-refractivity contribution in [3.8, 4) is 0 Å². The minimum atomic E-state index is -4.01. The third-order valence-corrected chi connectivity index (χ3v) is 5.36. The number of aromatic carboxylic acids is 1. The molecule has 0 radical (unpaired) electrons. The standard InChI is InChI=1S/C11H7ClFNO4S2/c12-9-3-4-10(19-9)20(17,18)14-8-5-6(11(15)16)1-2-7(8)13/h1-5,14H,(H,15,16). The van der Waals surface area contributed by atoms with Gasteiger partial charge in [-0.15, -0.1) is 11.3 Å². The molecule has 0 spiro atoms. The Bertz CT molecular complexity index is 772. The van der Waals surface area contributed by atoms with E-state index in [9.17, 15) is 17.6 Å². The van der Waals surface area contributed by atoms with E-state index in [0.29, 0.717) is 0 Å². The van der Waals surface area contributed by atoms with Gasteiger partial charge in [-0.1, -0.05) is 11.6 Å². The van der Waals surface area contributed by atoms with Crippen molar-refractivity contribution in [1.82, 2.24) is 0 Å². The predicted molar refractivity (Wildman–Crippen MR) is 73.5 cm³/mol. The zero-order valence-electron chi connectivity index (χ0n) is 9.63. The van der Waals surface area contributed by atoms with Crippen molar-refractivity contribution in [3.05, 3.63) is 46.0 Å². The number of halogens is 2. The van der Waals surface area contributed by atoms with E-state index in [1.807, 2.05) is 4.72 Å². The Kier molecular flexibility index (Phi) is 3.98. The van der Waals surface area contributed by atoms with Crippen LogP contribution in [0.25, 0.3) is 0 Å². The quantitative estimate of drug-likeness (QED) is 0.899. The van der Waals surface area contributed by atoms with Crippen LogP contribution in [0.15, 0.2) is 34.5 Å². The average molecular weight is 336 g/mol. The lowest BCUT2D eigenvalue weighted by molar-refractivity contribution is 0.0697. The van der Waals surface area contributed by atoms with E-state index in [0.717, 1.165) is 29.5 Å². The minimum Gasteiger partial charge on any atom is -0.478 e. The van der Waals surface area contributed by atoms with Crippen molar-refractivity contribution in [2.24, 2.45) is 0 Å². The SMILES string of the molecule is O=C(O)c1ccc(F)c(NS(=O)(=O)c2ccc(Cl)s2)c1. The average Bonchev–Trinajstić information content (AvgIpc) is 2.79. The van der Waals surface area contributed by atoms with Crippen molar-refractivity contribution < 1.29 is 22.7 Å². The topological polar surface area (TPSA) is 83.5 Å². The lowest BCUT2D eigenvalue weighted by Crippen LogP contribution is -2.13. The van der Waals surface area contributed by atoms with Crippen LogP contribution in [0.3, 0.4) is 0 Å². The number of nitrogens with one attached hydrogen (secondary N) is 1. The number of benzene rings is 1. The number of anilines is 1. The summed E-state index contributed by atoms with van der Waals surface area (Å²) in [6.07, 6.45) is 0. The molecule has 0 aliphatic carbocycles. The van der Waals surface area contributed by atoms with E-state index in [-0.39, 0.29) is 14.1 Å². The largest absolute Gasteiger partial charge is 0.478 e. The second kappa shape index (κ2) is 5.39. The summed E-state index contributed by atoms with van der Waals surface area (Å²) in [6, 6.07) is 5.49. The van der Waals surface area contributed by atoms with Crippen LogP contribution >= 0.6 is 22.9 Å². The molecule has 20 heavy (non-hydrogen) atoms. The Balaban J connectivity index is 2.39. The fraction of sp³-hybridized carbons (Fsp3) is 0. The molecule has 0 saturated heterocycles. The molecule has 1 aromatic heterocycles. The summed E-state index contributed by atoms with van der Waals surface area (Å²) < 4.78 is 39.7. The van der Waals surface area contributed by atoms with Crippen LogP contribution in [0.4, 0.5) is 10.1 Å². The maximum absolute atomic E-state index is 13.5. The van der Waals surface area contributed by atoms with Crippen LogP contribution in [0.2, 0.25) is 4.34 Å². The van der Waals surface area contributed by atoms with Gasteiger partial charge in [0.2, 0.25) is 0 Å². The number of carboxylic acid groups (broad SMARTS) is 1. The molecule has 106 valence electrons. The van der Waals surface area contributed by atoms with E-state index in [4.69, 9.17) is 16.7 Å². The highest BCUT2D eigenvalue weighted by atomic mass is 35.5. The monoisotopic (exact) mass is 335 g/mol. The lowest BCUT2D eigenvalue weighted by Gasteiger charge is -2.08. The molecule has 0 bridgehead atoms. The normalized spacial score (nSPS) is 11.3. The molecular weight excluding hydrogens is 329 g/mol. The molecular formula is C11H7ClFNO4S2. The van der Waals surface area contributed by atoms with Crippen molar-refractivity contribution in [2.45, 2.75) is 4.21 Å². The Hall–Kier alpha value is -1.64. The van der Waals surface area contributed by atoms with Gasteiger partial charge < -0.3 is 5.11 Å². The highest BCUT2D eigenvalue weighted by Gasteiger charge is 2.19. The second-order valence-corrected chi connectivity index (χ2v) is 7.29. The first kappa shape index (κ1) is 14.8. The smallest absolute Gasteiger partial charge is 0.335 e. The van der Waals surface area contributed by atoms with Crippen molar-refractivity contribution >= 4 is 44.6 Å². The summed E-state index contributed by atoms with van der Waals surface area (Å²) in [5.74, 6) is -2.16. The first-order valence-electron chi connectivity index (χ1n) is 5.10. The molecule has 0 fully saturated rings. The third kappa shape index (κ3) is 3.09. The van der Waals surface area contributed by atoms with Gasteiger partial charge in [-0.3, -0.25) is 4.72 Å². The van der Waals surface area contributed by atoms with Gasteiger partial charge in [0.05, 0.1) is 15.6 Å². The first-order valence-corrected chi connectivity index (χ1v) is 7.78. The van der Waals surface area contributed by atoms with Gasteiger partial charge in [-0.2, -0.15) is 0 Å². The molecule has 9 heteroatoms. The Morgan fingerprint density at radius 3 is 2.55 bits per heavy atom. The molecule has 0 aliphatic heterocycles. The Labute approximate surface area is 122 Å². The molecule has 2 aromatic rings. The highest BCUT2D eigenvalue weighted by molar-refractivity contribution is 7.94. The number of thiophene rings is 1. The Morgan fingerprint density at radius 1 is 1.30 bits per heavy atom. The van der Waals surface area contributed by atoms with Crippen molar-refractivity contribution in [2.75, 3.05) is 4.72 Å². The van der Waals surface area contributed by atoms with E-state index >= 15 is 0 Å². The molecule has 5 nitrogen and oxygen atoms in total. The molecule has 0 unspecified atom stereocenters. The Morgan fingerprint density at radius 2 is 2.00 bits per heavy atom. The zero-order chi connectivity index (χ0) is 14.9. The summed E-state index contributed by atoms with van der Waals surface area (Å²) in [5.41, 5.74) is -0.664. The number of rotatable bonds is 4. The van der Waals surface area contributed by atoms with E-state index in [1.165, 1.54) is 12.1 Å². The predicted octanol–water partition coefficient (Wildman–Crippen LogP) is 3.04. The number of hydrogen-bond acceptors (Lipinski definition) is 4. The van der Waals surface area contributed by atoms with Crippen LogP contribution in [0, 0.1) is 5.82 Å². The number of sulfonamides is 1. The van der Waals surface area contributed by atoms with E-state index in [1.54, 1.807) is 0 Å². The summed E-state index contributed by atoms with van der Waals surface area (Å²) in [4.78, 5) is 10.8. The molecule has 0 amide bonds. The second-order valence-electron chi connectivity index (χ2n) is 3.66. The third-order valence-electron chi connectivity index (χ3n) is 2.27. The first-order chi connectivity index (χ1) is 9.29. The summed E-state index contributed by atoms with van der Waals surface area (Å²) in [7, 11) is -4.01. The van der Waals surface area contributed by atoms with Gasteiger partial charge in [0.1, 0.15) is 10.0 Å². The van der Waals surface area contributed by atoms with Gasteiger partial charge in [-0.05, 0) is 30.3 Å². The van der Waals surface area contributed by atoms with Gasteiger partial charge >= 0.3 is 5.97 Å². The molecule has 2 rings (SSSR count). The molecule has 2 N–H and O–H groups in total. The number of hydrogen-bond donors (Lipinski definition) is 2. The minimum absolute atomic E-state index is 0.0948. The fourth-order valence-corrected chi connectivity index (χ4v) is 3.91. The zero-order valence-corrected chi connectivity index (χ0v) is 12.0. The van der Waals surface area contributed by atoms with Gasteiger partial charge in [0.25, 0.3) is 10.0 Å². The summed E-state index contributed by atoms with van der Waals surface area (Å²) in [6.45, 7) is 0. The van der Waals surface area contributed by atoms with E-state index < -0.39 is 27.5 Å². The molecule has 0 aliphatic rings. The van der Waals surface area contributed by atoms with Crippen LogP contribution in [0.1, 0.15) is 10.4 Å².